The van der Waals surface area contributed by atoms with Gasteiger partial charge in [0.05, 0.1) is 10.9 Å². The zero-order chi connectivity index (χ0) is 15.0. The van der Waals surface area contributed by atoms with Crippen molar-refractivity contribution in [2.75, 3.05) is 0 Å². The first kappa shape index (κ1) is 13.3. The average Bonchev–Trinajstić information content (AvgIpc) is 2.78. The zero-order valence-electron chi connectivity index (χ0n) is 11.3. The van der Waals surface area contributed by atoms with Gasteiger partial charge in [-0.15, -0.1) is 0 Å². The first-order valence-electron chi connectivity index (χ1n) is 6.54. The Morgan fingerprint density at radius 3 is 2.76 bits per heavy atom. The van der Waals surface area contributed by atoms with E-state index in [4.69, 9.17) is 0 Å². The van der Waals surface area contributed by atoms with Crippen LogP contribution in [-0.4, -0.2) is 21.4 Å². The van der Waals surface area contributed by atoms with Gasteiger partial charge < -0.3 is 4.84 Å². The van der Waals surface area contributed by atoms with Gasteiger partial charge in [-0.3, -0.25) is 14.2 Å². The molecule has 3 rings (SSSR count). The molecule has 7 heteroatoms. The van der Waals surface area contributed by atoms with E-state index in [0.29, 0.717) is 16.7 Å². The van der Waals surface area contributed by atoms with E-state index < -0.39 is 17.8 Å². The number of hydrogen-bond acceptors (Lipinski definition) is 5. The number of benzene rings is 1. The molecule has 108 valence electrons. The number of para-hydroxylation sites is 1. The Morgan fingerprint density at radius 2 is 2.05 bits per heavy atom. The van der Waals surface area contributed by atoms with Gasteiger partial charge in [-0.25, -0.2) is 9.78 Å². The molecule has 1 aromatic carbocycles. The first-order chi connectivity index (χ1) is 10.1. The Hall–Kier alpha value is -2.70. The zero-order valence-corrected chi connectivity index (χ0v) is 11.3. The second kappa shape index (κ2) is 5.01. The molecule has 1 fully saturated rings. The van der Waals surface area contributed by atoms with Crippen LogP contribution in [0.3, 0.4) is 0 Å². The summed E-state index contributed by atoms with van der Waals surface area (Å²) in [5, 5.41) is 0.515. The summed E-state index contributed by atoms with van der Waals surface area (Å²) in [6.07, 6.45) is 0.200. The molecule has 1 atom stereocenters. The van der Waals surface area contributed by atoms with E-state index in [9.17, 15) is 14.4 Å². The topological polar surface area (TPSA) is 90.3 Å². The highest BCUT2D eigenvalue weighted by atomic mass is 16.7. The van der Waals surface area contributed by atoms with Crippen molar-refractivity contribution < 1.29 is 14.4 Å². The number of rotatable bonds is 3. The Kier molecular flexibility index (Phi) is 3.17. The van der Waals surface area contributed by atoms with Crippen LogP contribution >= 0.6 is 0 Å². The molecular weight excluding hydrogens is 274 g/mol. The Bertz CT molecular complexity index is 780. The van der Waals surface area contributed by atoms with E-state index in [1.165, 1.54) is 4.57 Å². The number of aromatic nitrogens is 2. The lowest BCUT2D eigenvalue weighted by atomic mass is 10.1. The first-order valence-corrected chi connectivity index (χ1v) is 6.54. The monoisotopic (exact) mass is 287 g/mol. The molecule has 2 heterocycles. The van der Waals surface area contributed by atoms with Crippen molar-refractivity contribution >= 4 is 22.8 Å². The van der Waals surface area contributed by atoms with E-state index in [0.717, 1.165) is 0 Å². The molecule has 1 saturated heterocycles. The van der Waals surface area contributed by atoms with E-state index in [-0.39, 0.29) is 18.5 Å². The summed E-state index contributed by atoms with van der Waals surface area (Å²) in [6, 6.07) is 7.07. The number of carbonyl (C=O) groups excluding carboxylic acids is 2. The normalized spacial score (nSPS) is 17.9. The largest absolute Gasteiger partial charge is 0.344 e. The van der Waals surface area contributed by atoms with Crippen molar-refractivity contribution in [1.82, 2.24) is 15.0 Å². The molecule has 0 aliphatic carbocycles. The standard InChI is InChI=1S/C14H13N3O4/c1-8-15-11-5-3-2-4-9(11)13(19)17(8)7-6-10-12(18)16-21-14(10)20/h2-5,10H,6-7H2,1H3,(H,16,18). The van der Waals surface area contributed by atoms with Crippen molar-refractivity contribution in [2.24, 2.45) is 5.92 Å². The lowest BCUT2D eigenvalue weighted by Gasteiger charge is -2.11. The van der Waals surface area contributed by atoms with Gasteiger partial charge in [0, 0.05) is 6.54 Å². The molecule has 1 unspecified atom stereocenters. The van der Waals surface area contributed by atoms with Crippen LogP contribution in [0.4, 0.5) is 0 Å². The lowest BCUT2D eigenvalue weighted by molar-refractivity contribution is -0.146. The SMILES string of the molecule is Cc1nc2ccccc2c(=O)n1CCC1C(=O)NOC1=O. The number of nitrogens with one attached hydrogen (secondary N) is 1. The maximum atomic E-state index is 12.4. The molecule has 0 spiro atoms. The Balaban J connectivity index is 1.92. The highest BCUT2D eigenvalue weighted by Gasteiger charge is 2.35. The molecule has 21 heavy (non-hydrogen) atoms. The summed E-state index contributed by atoms with van der Waals surface area (Å²) in [7, 11) is 0. The third-order valence-corrected chi connectivity index (χ3v) is 3.55. The maximum Gasteiger partial charge on any atom is 0.344 e. The number of amides is 1. The molecule has 1 aliphatic heterocycles. The maximum absolute atomic E-state index is 12.4. The highest BCUT2D eigenvalue weighted by Crippen LogP contribution is 2.14. The Labute approximate surface area is 119 Å². The van der Waals surface area contributed by atoms with Gasteiger partial charge in [-0.05, 0) is 25.5 Å². The Morgan fingerprint density at radius 1 is 1.29 bits per heavy atom. The quantitative estimate of drug-likeness (QED) is 0.820. The number of nitrogens with zero attached hydrogens (tertiary/aromatic N) is 2. The molecule has 1 N–H and O–H groups in total. The fourth-order valence-electron chi connectivity index (χ4n) is 2.40. The predicted molar refractivity (Wildman–Crippen MR) is 73.1 cm³/mol. The smallest absolute Gasteiger partial charge is 0.340 e. The fraction of sp³-hybridized carbons (Fsp3) is 0.286. The van der Waals surface area contributed by atoms with Crippen molar-refractivity contribution in [2.45, 2.75) is 19.9 Å². The fourth-order valence-corrected chi connectivity index (χ4v) is 2.40. The van der Waals surface area contributed by atoms with Gasteiger partial charge in [0.15, 0.2) is 0 Å². The van der Waals surface area contributed by atoms with Gasteiger partial charge in [0.1, 0.15) is 11.7 Å². The molecule has 1 aromatic heterocycles. The molecule has 2 aromatic rings. The van der Waals surface area contributed by atoms with Crippen molar-refractivity contribution in [3.05, 3.63) is 40.4 Å². The molecule has 1 aliphatic rings. The summed E-state index contributed by atoms with van der Waals surface area (Å²) in [4.78, 5) is 44.1. The van der Waals surface area contributed by atoms with Gasteiger partial charge >= 0.3 is 5.97 Å². The van der Waals surface area contributed by atoms with Crippen LogP contribution in [-0.2, 0) is 21.0 Å². The molecule has 1 amide bonds. The average molecular weight is 287 g/mol. The van der Waals surface area contributed by atoms with Crippen molar-refractivity contribution in [3.63, 3.8) is 0 Å². The number of hydroxylamine groups is 1. The minimum absolute atomic E-state index is 0.176. The second-order valence-electron chi connectivity index (χ2n) is 4.86. The summed E-state index contributed by atoms with van der Waals surface area (Å²) in [5.74, 6) is -1.41. The third kappa shape index (κ3) is 2.26. The summed E-state index contributed by atoms with van der Waals surface area (Å²) in [6.45, 7) is 1.95. The number of carbonyl (C=O) groups is 2. The lowest BCUT2D eigenvalue weighted by Crippen LogP contribution is -2.27. The van der Waals surface area contributed by atoms with Crippen LogP contribution in [0.15, 0.2) is 29.1 Å². The third-order valence-electron chi connectivity index (χ3n) is 3.55. The minimum atomic E-state index is -0.872. The van der Waals surface area contributed by atoms with Gasteiger partial charge in [0.2, 0.25) is 0 Å². The highest BCUT2D eigenvalue weighted by molar-refractivity contribution is 6.01. The van der Waals surface area contributed by atoms with Crippen molar-refractivity contribution in [3.8, 4) is 0 Å². The molecular formula is C14H13N3O4. The van der Waals surface area contributed by atoms with E-state index in [1.807, 2.05) is 11.5 Å². The van der Waals surface area contributed by atoms with Crippen LogP contribution in [0.1, 0.15) is 12.2 Å². The summed E-state index contributed by atoms with van der Waals surface area (Å²) < 4.78 is 1.47. The van der Waals surface area contributed by atoms with Crippen molar-refractivity contribution in [1.29, 1.82) is 0 Å². The second-order valence-corrected chi connectivity index (χ2v) is 4.86. The minimum Gasteiger partial charge on any atom is -0.340 e. The molecule has 0 bridgehead atoms. The molecule has 7 nitrogen and oxygen atoms in total. The predicted octanol–water partition coefficient (Wildman–Crippen LogP) is 0.299. The van der Waals surface area contributed by atoms with E-state index >= 15 is 0 Å². The summed E-state index contributed by atoms with van der Waals surface area (Å²) >= 11 is 0. The van der Waals surface area contributed by atoms with E-state index in [2.05, 4.69) is 9.82 Å². The summed E-state index contributed by atoms with van der Waals surface area (Å²) in [5.41, 5.74) is 2.48. The number of fused-ring (bicyclic) bond motifs is 1. The van der Waals surface area contributed by atoms with Crippen LogP contribution in [0, 0.1) is 12.8 Å². The van der Waals surface area contributed by atoms with Crippen LogP contribution < -0.4 is 11.0 Å². The number of hydrogen-bond donors (Lipinski definition) is 1. The molecule has 0 radical (unpaired) electrons. The molecule has 0 saturated carbocycles. The van der Waals surface area contributed by atoms with Gasteiger partial charge in [-0.2, -0.15) is 5.48 Å². The van der Waals surface area contributed by atoms with E-state index in [1.54, 1.807) is 25.1 Å². The number of aryl methyl sites for hydroxylation is 1. The van der Waals surface area contributed by atoms with Crippen LogP contribution in [0.5, 0.6) is 0 Å². The van der Waals surface area contributed by atoms with Gasteiger partial charge in [-0.1, -0.05) is 12.1 Å². The van der Waals surface area contributed by atoms with Crippen LogP contribution in [0.25, 0.3) is 10.9 Å². The van der Waals surface area contributed by atoms with Gasteiger partial charge in [0.25, 0.3) is 11.5 Å². The van der Waals surface area contributed by atoms with Crippen LogP contribution in [0.2, 0.25) is 0 Å².